The molecule has 0 saturated heterocycles. The molecule has 1 aliphatic heterocycles. The van der Waals surface area contributed by atoms with Gasteiger partial charge in [0.1, 0.15) is 5.82 Å². The fraction of sp³-hybridized carbons (Fsp3) is 0.385. The van der Waals surface area contributed by atoms with E-state index in [1.54, 1.807) is 0 Å². The Morgan fingerprint density at radius 1 is 1.56 bits per heavy atom. The Bertz CT molecular complexity index is 604. The molecule has 0 amide bonds. The highest BCUT2D eigenvalue weighted by molar-refractivity contribution is 7.91. The van der Waals surface area contributed by atoms with E-state index in [-0.39, 0.29) is 22.7 Å². The first-order chi connectivity index (χ1) is 8.44. The topological polar surface area (TPSA) is 46.2 Å². The molecule has 18 heavy (non-hydrogen) atoms. The average molecular weight is 267 g/mol. The predicted molar refractivity (Wildman–Crippen MR) is 67.2 cm³/mol. The molecule has 2 atom stereocenters. The number of hydrogen-bond donors (Lipinski definition) is 1. The van der Waals surface area contributed by atoms with Gasteiger partial charge in [-0.15, -0.1) is 6.42 Å². The Morgan fingerprint density at radius 2 is 2.28 bits per heavy atom. The lowest BCUT2D eigenvalue weighted by molar-refractivity contribution is 0.471. The minimum atomic E-state index is -3.29. The van der Waals surface area contributed by atoms with E-state index in [1.165, 1.54) is 18.2 Å². The molecule has 2 unspecified atom stereocenters. The predicted octanol–water partition coefficient (Wildman–Crippen LogP) is 1.66. The molecular weight excluding hydrogens is 253 g/mol. The van der Waals surface area contributed by atoms with Gasteiger partial charge in [-0.1, -0.05) is 5.92 Å². The van der Waals surface area contributed by atoms with Crippen LogP contribution in [0.5, 0.6) is 0 Å². The summed E-state index contributed by atoms with van der Waals surface area (Å²) in [4.78, 5) is 0.205. The average Bonchev–Trinajstić information content (AvgIpc) is 2.32. The molecule has 0 bridgehead atoms. The minimum absolute atomic E-state index is 0.0561. The van der Waals surface area contributed by atoms with Crippen LogP contribution in [0.15, 0.2) is 23.1 Å². The first-order valence-corrected chi connectivity index (χ1v) is 7.33. The molecule has 96 valence electrons. The van der Waals surface area contributed by atoms with Gasteiger partial charge in [0.25, 0.3) is 0 Å². The second-order valence-electron chi connectivity index (χ2n) is 4.40. The zero-order valence-electron chi connectivity index (χ0n) is 9.98. The zero-order chi connectivity index (χ0) is 13.3. The maximum atomic E-state index is 13.3. The van der Waals surface area contributed by atoms with E-state index >= 15 is 0 Å². The molecule has 0 fully saturated rings. The van der Waals surface area contributed by atoms with E-state index in [0.717, 1.165) is 0 Å². The molecule has 1 aliphatic rings. The third-order valence-corrected chi connectivity index (χ3v) is 4.87. The van der Waals surface area contributed by atoms with Crippen molar-refractivity contribution >= 4 is 9.84 Å². The molecule has 1 heterocycles. The van der Waals surface area contributed by atoms with Crippen LogP contribution in [-0.4, -0.2) is 20.2 Å². The van der Waals surface area contributed by atoms with E-state index in [1.807, 2.05) is 6.92 Å². The summed E-state index contributed by atoms with van der Waals surface area (Å²) in [6.07, 6.45) is 5.70. The van der Waals surface area contributed by atoms with E-state index < -0.39 is 15.7 Å². The molecule has 0 aliphatic carbocycles. The highest BCUT2D eigenvalue weighted by atomic mass is 32.2. The molecule has 1 aromatic rings. The van der Waals surface area contributed by atoms with Crippen molar-refractivity contribution in [2.45, 2.75) is 30.3 Å². The van der Waals surface area contributed by atoms with E-state index in [9.17, 15) is 12.8 Å². The lowest BCUT2D eigenvalue weighted by Crippen LogP contribution is -2.34. The maximum absolute atomic E-state index is 13.3. The summed E-state index contributed by atoms with van der Waals surface area (Å²) >= 11 is 0. The quantitative estimate of drug-likeness (QED) is 0.655. The Kier molecular flexibility index (Phi) is 3.42. The first-order valence-electron chi connectivity index (χ1n) is 5.68. The van der Waals surface area contributed by atoms with Gasteiger partial charge in [-0.05, 0) is 37.1 Å². The summed E-state index contributed by atoms with van der Waals surface area (Å²) in [5.41, 5.74) is 0.475. The molecule has 5 heteroatoms. The maximum Gasteiger partial charge on any atom is 0.178 e. The van der Waals surface area contributed by atoms with Crippen LogP contribution in [0.4, 0.5) is 4.39 Å². The van der Waals surface area contributed by atoms with Crippen molar-refractivity contribution < 1.29 is 12.8 Å². The molecule has 1 aromatic carbocycles. The van der Waals surface area contributed by atoms with Gasteiger partial charge in [-0.25, -0.2) is 12.8 Å². The van der Waals surface area contributed by atoms with Crippen LogP contribution in [0.2, 0.25) is 0 Å². The number of sulfone groups is 1. The van der Waals surface area contributed by atoms with Gasteiger partial charge in [0.05, 0.1) is 16.7 Å². The normalized spacial score (nSPS) is 22.8. The lowest BCUT2D eigenvalue weighted by atomic mass is 10.0. The van der Waals surface area contributed by atoms with Crippen molar-refractivity contribution in [3.63, 3.8) is 0 Å². The van der Waals surface area contributed by atoms with Crippen LogP contribution >= 0.6 is 0 Å². The third-order valence-electron chi connectivity index (χ3n) is 3.06. The Balaban J connectivity index is 2.45. The van der Waals surface area contributed by atoms with Crippen LogP contribution in [0.3, 0.4) is 0 Å². The van der Waals surface area contributed by atoms with Crippen molar-refractivity contribution in [1.82, 2.24) is 5.32 Å². The van der Waals surface area contributed by atoms with Crippen molar-refractivity contribution in [3.05, 3.63) is 29.6 Å². The highest BCUT2D eigenvalue weighted by Crippen LogP contribution is 2.32. The summed E-state index contributed by atoms with van der Waals surface area (Å²) in [6, 6.07) is 3.36. The van der Waals surface area contributed by atoms with Crippen molar-refractivity contribution in [2.24, 2.45) is 0 Å². The number of benzene rings is 1. The number of rotatable bonds is 2. The summed E-state index contributed by atoms with van der Waals surface area (Å²) < 4.78 is 37.1. The smallest absolute Gasteiger partial charge is 0.178 e. The molecule has 3 nitrogen and oxygen atoms in total. The number of hydrogen-bond acceptors (Lipinski definition) is 3. The van der Waals surface area contributed by atoms with Crippen molar-refractivity contribution in [2.75, 3.05) is 5.75 Å². The van der Waals surface area contributed by atoms with E-state index in [0.29, 0.717) is 12.0 Å². The van der Waals surface area contributed by atoms with Gasteiger partial charge in [-0.2, -0.15) is 0 Å². The van der Waals surface area contributed by atoms with Gasteiger partial charge < -0.3 is 0 Å². The van der Waals surface area contributed by atoms with Crippen LogP contribution in [-0.2, 0) is 9.84 Å². The molecule has 0 saturated carbocycles. The van der Waals surface area contributed by atoms with E-state index in [4.69, 9.17) is 6.42 Å². The van der Waals surface area contributed by atoms with E-state index in [2.05, 4.69) is 11.2 Å². The van der Waals surface area contributed by atoms with Crippen LogP contribution in [0.25, 0.3) is 0 Å². The van der Waals surface area contributed by atoms with Crippen molar-refractivity contribution in [3.8, 4) is 12.3 Å². The summed E-state index contributed by atoms with van der Waals surface area (Å²) in [5, 5.41) is 3.12. The number of fused-ring (bicyclic) bond motifs is 1. The zero-order valence-corrected chi connectivity index (χ0v) is 10.8. The highest BCUT2D eigenvalue weighted by Gasteiger charge is 2.30. The molecule has 0 radical (unpaired) electrons. The SMILES string of the molecule is C#CC(C)NC1CCS(=O)(=O)c2ccc(F)cc21. The first kappa shape index (κ1) is 13.1. The Morgan fingerprint density at radius 3 is 2.94 bits per heavy atom. The van der Waals surface area contributed by atoms with Gasteiger partial charge in [0.2, 0.25) is 0 Å². The van der Waals surface area contributed by atoms with Gasteiger partial charge in [0, 0.05) is 6.04 Å². The standard InChI is InChI=1S/C13H14FNO2S/c1-3-9(2)15-12-6-7-18(16,17)13-5-4-10(14)8-11(12)13/h1,4-5,8-9,12,15H,6-7H2,2H3. The molecule has 0 spiro atoms. The van der Waals surface area contributed by atoms with Crippen LogP contribution in [0, 0.1) is 18.2 Å². The Labute approximate surface area is 106 Å². The Hall–Kier alpha value is -1.38. The molecule has 2 rings (SSSR count). The third kappa shape index (κ3) is 2.40. The minimum Gasteiger partial charge on any atom is -0.297 e. The molecule has 1 N–H and O–H groups in total. The fourth-order valence-electron chi connectivity index (χ4n) is 2.14. The molecular formula is C13H14FNO2S. The lowest BCUT2D eigenvalue weighted by Gasteiger charge is -2.27. The van der Waals surface area contributed by atoms with Crippen LogP contribution in [0.1, 0.15) is 24.9 Å². The number of nitrogens with one attached hydrogen (secondary N) is 1. The second kappa shape index (κ2) is 4.71. The monoisotopic (exact) mass is 267 g/mol. The summed E-state index contributed by atoms with van der Waals surface area (Å²) in [7, 11) is -3.29. The summed E-state index contributed by atoms with van der Waals surface area (Å²) in [5.74, 6) is 2.14. The summed E-state index contributed by atoms with van der Waals surface area (Å²) in [6.45, 7) is 1.81. The van der Waals surface area contributed by atoms with Crippen LogP contribution < -0.4 is 5.32 Å². The van der Waals surface area contributed by atoms with Crippen molar-refractivity contribution in [1.29, 1.82) is 0 Å². The largest absolute Gasteiger partial charge is 0.297 e. The van der Waals surface area contributed by atoms with Gasteiger partial charge >= 0.3 is 0 Å². The second-order valence-corrected chi connectivity index (χ2v) is 6.47. The fourth-order valence-corrected chi connectivity index (χ4v) is 3.74. The molecule has 0 aromatic heterocycles. The number of terminal acetylenes is 1. The van der Waals surface area contributed by atoms with Gasteiger partial charge in [-0.3, -0.25) is 5.32 Å². The number of halogens is 1. The van der Waals surface area contributed by atoms with Gasteiger partial charge in [0.15, 0.2) is 9.84 Å².